The molecule has 0 unspecified atom stereocenters. The molecule has 0 spiro atoms. The van der Waals surface area contributed by atoms with Gasteiger partial charge in [-0.05, 0) is 31.2 Å². The average Bonchev–Trinajstić information content (AvgIpc) is 2.85. The molecule has 1 N–H and O–H groups in total. The molecular formula is C17H20BrNS. The van der Waals surface area contributed by atoms with Gasteiger partial charge in [0, 0.05) is 32.4 Å². The zero-order chi connectivity index (χ0) is 14.5. The molecule has 0 bridgehead atoms. The molecule has 1 aromatic carbocycles. The number of halogens is 1. The molecule has 3 heteroatoms. The fourth-order valence-electron chi connectivity index (χ4n) is 1.90. The van der Waals surface area contributed by atoms with Crippen molar-refractivity contribution >= 4 is 33.3 Å². The van der Waals surface area contributed by atoms with E-state index < -0.39 is 0 Å². The SMILES string of the molecule is CC(=Cc1ccc(-c2ccccc2Br)s1)CNC(C)C. The molecule has 0 aliphatic rings. The Hall–Kier alpha value is -0.900. The summed E-state index contributed by atoms with van der Waals surface area (Å²) >= 11 is 5.44. The molecule has 1 heterocycles. The summed E-state index contributed by atoms with van der Waals surface area (Å²) in [5, 5.41) is 3.44. The number of thiophene rings is 1. The highest BCUT2D eigenvalue weighted by Gasteiger charge is 2.05. The molecule has 0 aliphatic carbocycles. The zero-order valence-corrected chi connectivity index (χ0v) is 14.5. The topological polar surface area (TPSA) is 12.0 Å². The van der Waals surface area contributed by atoms with Crippen molar-refractivity contribution in [3.8, 4) is 10.4 Å². The van der Waals surface area contributed by atoms with E-state index in [1.54, 1.807) is 0 Å². The van der Waals surface area contributed by atoms with Crippen LogP contribution in [0, 0.1) is 0 Å². The summed E-state index contributed by atoms with van der Waals surface area (Å²) < 4.78 is 1.15. The van der Waals surface area contributed by atoms with Crippen LogP contribution < -0.4 is 5.32 Å². The molecule has 0 fully saturated rings. The largest absolute Gasteiger partial charge is 0.311 e. The van der Waals surface area contributed by atoms with Gasteiger partial charge in [-0.1, -0.05) is 53.5 Å². The summed E-state index contributed by atoms with van der Waals surface area (Å²) in [6, 6.07) is 13.3. The van der Waals surface area contributed by atoms with Gasteiger partial charge in [-0.15, -0.1) is 11.3 Å². The standard InChI is InChI=1S/C17H20BrNS/c1-12(2)19-11-13(3)10-14-8-9-17(20-14)15-6-4-5-7-16(15)18/h4-10,12,19H,11H2,1-3H3. The molecule has 1 nitrogen and oxygen atoms in total. The molecule has 1 aromatic heterocycles. The summed E-state index contributed by atoms with van der Waals surface area (Å²) in [4.78, 5) is 2.60. The van der Waals surface area contributed by atoms with E-state index in [0.29, 0.717) is 6.04 Å². The van der Waals surface area contributed by atoms with Crippen molar-refractivity contribution in [2.24, 2.45) is 0 Å². The van der Waals surface area contributed by atoms with Crippen LogP contribution in [0.3, 0.4) is 0 Å². The summed E-state index contributed by atoms with van der Waals surface area (Å²) in [6.45, 7) is 7.46. The van der Waals surface area contributed by atoms with Gasteiger partial charge in [0.15, 0.2) is 0 Å². The first-order valence-corrected chi connectivity index (χ1v) is 8.42. The van der Waals surface area contributed by atoms with Gasteiger partial charge in [0.2, 0.25) is 0 Å². The first-order valence-electron chi connectivity index (χ1n) is 6.81. The van der Waals surface area contributed by atoms with E-state index in [1.165, 1.54) is 20.9 Å². The second kappa shape index (κ2) is 7.21. The molecule has 0 saturated heterocycles. The maximum absolute atomic E-state index is 3.62. The molecule has 0 aliphatic heterocycles. The van der Waals surface area contributed by atoms with Crippen molar-refractivity contribution in [3.63, 3.8) is 0 Å². The van der Waals surface area contributed by atoms with Gasteiger partial charge in [0.1, 0.15) is 0 Å². The zero-order valence-electron chi connectivity index (χ0n) is 12.1. The van der Waals surface area contributed by atoms with Crippen LogP contribution in [0.15, 0.2) is 46.4 Å². The van der Waals surface area contributed by atoms with Gasteiger partial charge in [-0.2, -0.15) is 0 Å². The second-order valence-corrected chi connectivity index (χ2v) is 7.18. The van der Waals surface area contributed by atoms with Crippen molar-refractivity contribution in [3.05, 3.63) is 51.3 Å². The van der Waals surface area contributed by atoms with Crippen LogP contribution in [-0.4, -0.2) is 12.6 Å². The predicted octanol–water partition coefficient (Wildman–Crippen LogP) is 5.58. The summed E-state index contributed by atoms with van der Waals surface area (Å²) in [6.07, 6.45) is 2.26. The van der Waals surface area contributed by atoms with Gasteiger partial charge in [-0.25, -0.2) is 0 Å². The number of rotatable bonds is 5. The van der Waals surface area contributed by atoms with Crippen LogP contribution in [-0.2, 0) is 0 Å². The van der Waals surface area contributed by atoms with Crippen LogP contribution in [0.1, 0.15) is 25.6 Å². The van der Waals surface area contributed by atoms with Gasteiger partial charge >= 0.3 is 0 Å². The van der Waals surface area contributed by atoms with E-state index in [9.17, 15) is 0 Å². The lowest BCUT2D eigenvalue weighted by Crippen LogP contribution is -2.24. The normalized spacial score (nSPS) is 12.2. The monoisotopic (exact) mass is 349 g/mol. The highest BCUT2D eigenvalue weighted by molar-refractivity contribution is 9.10. The second-order valence-electron chi connectivity index (χ2n) is 5.21. The fourth-order valence-corrected chi connectivity index (χ4v) is 3.60. The van der Waals surface area contributed by atoms with Crippen LogP contribution in [0.25, 0.3) is 16.5 Å². The number of hydrogen-bond acceptors (Lipinski definition) is 2. The van der Waals surface area contributed by atoms with Gasteiger partial charge < -0.3 is 5.32 Å². The van der Waals surface area contributed by atoms with Crippen LogP contribution in [0.5, 0.6) is 0 Å². The molecule has 0 amide bonds. The average molecular weight is 350 g/mol. The Morgan fingerprint density at radius 1 is 1.25 bits per heavy atom. The molecule has 106 valence electrons. The maximum atomic E-state index is 3.62. The summed E-state index contributed by atoms with van der Waals surface area (Å²) in [5.41, 5.74) is 2.62. The van der Waals surface area contributed by atoms with Crippen molar-refractivity contribution in [1.82, 2.24) is 5.32 Å². The van der Waals surface area contributed by atoms with E-state index >= 15 is 0 Å². The minimum absolute atomic E-state index is 0.525. The third kappa shape index (κ3) is 4.30. The van der Waals surface area contributed by atoms with E-state index in [0.717, 1.165) is 11.0 Å². The quantitative estimate of drug-likeness (QED) is 0.742. The lowest BCUT2D eigenvalue weighted by atomic mass is 10.2. The molecule has 2 aromatic rings. The highest BCUT2D eigenvalue weighted by Crippen LogP contribution is 2.34. The van der Waals surface area contributed by atoms with Gasteiger partial charge in [0.05, 0.1) is 0 Å². The minimum Gasteiger partial charge on any atom is -0.311 e. The third-order valence-electron chi connectivity index (χ3n) is 2.94. The Labute approximate surface area is 133 Å². The Kier molecular flexibility index (Phi) is 5.58. The number of hydrogen-bond donors (Lipinski definition) is 1. The van der Waals surface area contributed by atoms with Crippen molar-refractivity contribution in [2.75, 3.05) is 6.54 Å². The fraction of sp³-hybridized carbons (Fsp3) is 0.294. The first-order chi connectivity index (χ1) is 9.56. The van der Waals surface area contributed by atoms with Crippen LogP contribution in [0.2, 0.25) is 0 Å². The van der Waals surface area contributed by atoms with Gasteiger partial charge in [0.25, 0.3) is 0 Å². The van der Waals surface area contributed by atoms with Crippen molar-refractivity contribution < 1.29 is 0 Å². The smallest absolute Gasteiger partial charge is 0.0360 e. The van der Waals surface area contributed by atoms with E-state index in [4.69, 9.17) is 0 Å². The van der Waals surface area contributed by atoms with Gasteiger partial charge in [-0.3, -0.25) is 0 Å². The Balaban J connectivity index is 2.13. The molecular weight excluding hydrogens is 330 g/mol. The van der Waals surface area contributed by atoms with Crippen LogP contribution in [0.4, 0.5) is 0 Å². The predicted molar refractivity (Wildman–Crippen MR) is 94.2 cm³/mol. The van der Waals surface area contributed by atoms with Crippen molar-refractivity contribution in [2.45, 2.75) is 26.8 Å². The van der Waals surface area contributed by atoms with E-state index in [1.807, 2.05) is 17.4 Å². The molecule has 0 saturated carbocycles. The Morgan fingerprint density at radius 2 is 2.00 bits per heavy atom. The van der Waals surface area contributed by atoms with E-state index in [-0.39, 0.29) is 0 Å². The van der Waals surface area contributed by atoms with Crippen LogP contribution >= 0.6 is 27.3 Å². The number of benzene rings is 1. The lowest BCUT2D eigenvalue weighted by Gasteiger charge is -2.07. The summed E-state index contributed by atoms with van der Waals surface area (Å²) in [7, 11) is 0. The lowest BCUT2D eigenvalue weighted by molar-refractivity contribution is 0.623. The molecule has 2 rings (SSSR count). The first kappa shape index (κ1) is 15.5. The van der Waals surface area contributed by atoms with E-state index in [2.05, 4.69) is 78.4 Å². The highest BCUT2D eigenvalue weighted by atomic mass is 79.9. The summed E-state index contributed by atoms with van der Waals surface area (Å²) in [5.74, 6) is 0. The molecule has 0 atom stereocenters. The molecule has 0 radical (unpaired) electrons. The Morgan fingerprint density at radius 3 is 2.70 bits per heavy atom. The molecule has 20 heavy (non-hydrogen) atoms. The number of nitrogens with one attached hydrogen (secondary N) is 1. The Bertz CT molecular complexity index is 599. The maximum Gasteiger partial charge on any atom is 0.0360 e. The minimum atomic E-state index is 0.525. The third-order valence-corrected chi connectivity index (χ3v) is 4.70. The van der Waals surface area contributed by atoms with Crippen molar-refractivity contribution in [1.29, 1.82) is 0 Å².